The Morgan fingerprint density at radius 1 is 1.65 bits per heavy atom. The van der Waals surface area contributed by atoms with Crippen LogP contribution in [0.4, 0.5) is 0 Å². The first-order valence-corrected chi connectivity index (χ1v) is 6.01. The Hall–Kier alpha value is -1.43. The second-order valence-corrected chi connectivity index (χ2v) is 5.00. The molecule has 0 spiro atoms. The first-order chi connectivity index (χ1) is 8.13. The van der Waals surface area contributed by atoms with E-state index in [4.69, 9.17) is 5.73 Å². The van der Waals surface area contributed by atoms with E-state index in [1.807, 2.05) is 0 Å². The van der Waals surface area contributed by atoms with Gasteiger partial charge in [-0.25, -0.2) is 0 Å². The third-order valence-electron chi connectivity index (χ3n) is 3.37. The van der Waals surface area contributed by atoms with Gasteiger partial charge in [-0.15, -0.1) is 5.10 Å². The molecule has 94 valence electrons. The molecule has 6 heteroatoms. The number of nitrogens with one attached hydrogen (secondary N) is 1. The maximum atomic E-state index is 11.8. The largest absolute Gasteiger partial charge is 0.350 e. The summed E-state index contributed by atoms with van der Waals surface area (Å²) in [5.41, 5.74) is 6.04. The van der Waals surface area contributed by atoms with Crippen molar-refractivity contribution in [2.24, 2.45) is 11.1 Å². The summed E-state index contributed by atoms with van der Waals surface area (Å²) in [6.07, 6.45) is 5.27. The zero-order valence-corrected chi connectivity index (χ0v) is 10.1. The van der Waals surface area contributed by atoms with E-state index in [-0.39, 0.29) is 11.3 Å². The predicted octanol–water partition coefficient (Wildman–Crippen LogP) is 0.157. The monoisotopic (exact) mass is 237 g/mol. The summed E-state index contributed by atoms with van der Waals surface area (Å²) in [6, 6.07) is 0. The average Bonchev–Trinajstić information content (AvgIpc) is 2.72. The van der Waals surface area contributed by atoms with Crippen LogP contribution in [0.15, 0.2) is 6.20 Å². The summed E-state index contributed by atoms with van der Waals surface area (Å²) in [7, 11) is 0. The molecule has 17 heavy (non-hydrogen) atoms. The van der Waals surface area contributed by atoms with E-state index < -0.39 is 0 Å². The molecule has 2 rings (SSSR count). The summed E-state index contributed by atoms with van der Waals surface area (Å²) in [5.74, 6) is -0.151. The maximum absolute atomic E-state index is 11.8. The van der Waals surface area contributed by atoms with Crippen LogP contribution >= 0.6 is 0 Å². The normalized spacial score (nSPS) is 17.5. The number of amides is 1. The fourth-order valence-corrected chi connectivity index (χ4v) is 1.99. The topological polar surface area (TPSA) is 85.8 Å². The molecular weight excluding hydrogens is 218 g/mol. The van der Waals surface area contributed by atoms with Gasteiger partial charge in [0.25, 0.3) is 5.91 Å². The minimum absolute atomic E-state index is 0.151. The quantitative estimate of drug-likeness (QED) is 0.763. The van der Waals surface area contributed by atoms with Crippen LogP contribution in [0.3, 0.4) is 0 Å². The van der Waals surface area contributed by atoms with Gasteiger partial charge in [0.15, 0.2) is 5.69 Å². The minimum Gasteiger partial charge on any atom is -0.350 e. The lowest BCUT2D eigenvalue weighted by molar-refractivity contribution is 0.0886. The van der Waals surface area contributed by atoms with Gasteiger partial charge in [0.2, 0.25) is 0 Å². The Kier molecular flexibility index (Phi) is 3.42. The summed E-state index contributed by atoms with van der Waals surface area (Å²) in [4.78, 5) is 11.8. The van der Waals surface area contributed by atoms with Gasteiger partial charge in [-0.3, -0.25) is 9.48 Å². The number of hydrogen-bond acceptors (Lipinski definition) is 4. The molecule has 1 aromatic heterocycles. The van der Waals surface area contributed by atoms with Crippen molar-refractivity contribution in [1.82, 2.24) is 20.3 Å². The Bertz CT molecular complexity index is 396. The van der Waals surface area contributed by atoms with Crippen molar-refractivity contribution in [3.05, 3.63) is 11.9 Å². The summed E-state index contributed by atoms with van der Waals surface area (Å²) >= 11 is 0. The van der Waals surface area contributed by atoms with Crippen LogP contribution in [0.1, 0.15) is 36.7 Å². The minimum atomic E-state index is -0.151. The van der Waals surface area contributed by atoms with Crippen molar-refractivity contribution in [3.8, 4) is 0 Å². The highest BCUT2D eigenvalue weighted by atomic mass is 16.2. The molecule has 0 saturated heterocycles. The van der Waals surface area contributed by atoms with Gasteiger partial charge < -0.3 is 11.1 Å². The predicted molar refractivity (Wildman–Crippen MR) is 63.4 cm³/mol. The molecule has 1 aliphatic rings. The molecule has 1 aromatic rings. The molecule has 1 fully saturated rings. The van der Waals surface area contributed by atoms with Crippen LogP contribution in [0.25, 0.3) is 0 Å². The second-order valence-electron chi connectivity index (χ2n) is 5.00. The van der Waals surface area contributed by atoms with E-state index in [9.17, 15) is 4.79 Å². The lowest BCUT2D eigenvalue weighted by Crippen LogP contribution is -2.40. The Morgan fingerprint density at radius 2 is 2.41 bits per heavy atom. The second kappa shape index (κ2) is 4.83. The van der Waals surface area contributed by atoms with Crippen LogP contribution in [0.2, 0.25) is 0 Å². The molecule has 0 bridgehead atoms. The van der Waals surface area contributed by atoms with Crippen molar-refractivity contribution in [1.29, 1.82) is 0 Å². The highest BCUT2D eigenvalue weighted by Gasteiger charge is 2.32. The van der Waals surface area contributed by atoms with E-state index in [1.54, 1.807) is 10.9 Å². The Labute approximate surface area is 101 Å². The molecule has 1 heterocycles. The maximum Gasteiger partial charge on any atom is 0.273 e. The standard InChI is InChI=1S/C11H19N5O/c1-11(3-2-4-11)8-13-10(17)9-7-16(6-5-12)15-14-9/h7H,2-6,8,12H2,1H3,(H,13,17). The summed E-state index contributed by atoms with van der Waals surface area (Å²) in [5, 5.41) is 10.6. The van der Waals surface area contributed by atoms with Gasteiger partial charge in [0.1, 0.15) is 0 Å². The smallest absolute Gasteiger partial charge is 0.273 e. The molecule has 3 N–H and O–H groups in total. The molecule has 0 unspecified atom stereocenters. The number of nitrogens with zero attached hydrogens (tertiary/aromatic N) is 3. The zero-order valence-electron chi connectivity index (χ0n) is 10.1. The van der Waals surface area contributed by atoms with Crippen molar-refractivity contribution in [3.63, 3.8) is 0 Å². The molecule has 0 radical (unpaired) electrons. The van der Waals surface area contributed by atoms with Crippen molar-refractivity contribution in [2.75, 3.05) is 13.1 Å². The van der Waals surface area contributed by atoms with E-state index in [2.05, 4.69) is 22.6 Å². The Morgan fingerprint density at radius 3 is 3.00 bits per heavy atom. The van der Waals surface area contributed by atoms with Crippen LogP contribution in [-0.2, 0) is 6.54 Å². The van der Waals surface area contributed by atoms with Gasteiger partial charge in [0.05, 0.1) is 12.7 Å². The molecule has 1 saturated carbocycles. The van der Waals surface area contributed by atoms with Crippen molar-refractivity contribution in [2.45, 2.75) is 32.7 Å². The van der Waals surface area contributed by atoms with Gasteiger partial charge in [0, 0.05) is 13.1 Å². The van der Waals surface area contributed by atoms with Crippen molar-refractivity contribution >= 4 is 5.91 Å². The van der Waals surface area contributed by atoms with E-state index in [1.165, 1.54) is 19.3 Å². The van der Waals surface area contributed by atoms with Gasteiger partial charge >= 0.3 is 0 Å². The molecular formula is C11H19N5O. The molecule has 6 nitrogen and oxygen atoms in total. The first-order valence-electron chi connectivity index (χ1n) is 6.01. The summed E-state index contributed by atoms with van der Waals surface area (Å²) in [6.45, 7) is 3.98. The number of carbonyl (C=O) groups is 1. The summed E-state index contributed by atoms with van der Waals surface area (Å²) < 4.78 is 1.58. The molecule has 1 aliphatic carbocycles. The van der Waals surface area contributed by atoms with Gasteiger partial charge in [-0.2, -0.15) is 0 Å². The zero-order chi connectivity index (χ0) is 12.3. The molecule has 1 amide bonds. The number of hydrogen-bond donors (Lipinski definition) is 2. The average molecular weight is 237 g/mol. The lowest BCUT2D eigenvalue weighted by atomic mass is 9.70. The molecule has 0 aromatic carbocycles. The molecule has 0 atom stereocenters. The van der Waals surface area contributed by atoms with E-state index >= 15 is 0 Å². The first kappa shape index (κ1) is 12.0. The van der Waals surface area contributed by atoms with E-state index in [0.29, 0.717) is 18.8 Å². The fourth-order valence-electron chi connectivity index (χ4n) is 1.99. The van der Waals surface area contributed by atoms with E-state index in [0.717, 1.165) is 6.54 Å². The SMILES string of the molecule is CC1(CNC(=O)c2cn(CCN)nn2)CCC1. The third kappa shape index (κ3) is 2.82. The molecule has 0 aliphatic heterocycles. The number of carbonyl (C=O) groups excluding carboxylic acids is 1. The fraction of sp³-hybridized carbons (Fsp3) is 0.727. The highest BCUT2D eigenvalue weighted by Crippen LogP contribution is 2.39. The van der Waals surface area contributed by atoms with Crippen LogP contribution in [-0.4, -0.2) is 34.0 Å². The third-order valence-corrected chi connectivity index (χ3v) is 3.37. The lowest BCUT2D eigenvalue weighted by Gasteiger charge is -2.38. The number of rotatable bonds is 5. The van der Waals surface area contributed by atoms with Crippen LogP contribution < -0.4 is 11.1 Å². The van der Waals surface area contributed by atoms with Gasteiger partial charge in [-0.05, 0) is 18.3 Å². The van der Waals surface area contributed by atoms with Crippen LogP contribution in [0.5, 0.6) is 0 Å². The van der Waals surface area contributed by atoms with Crippen LogP contribution in [0, 0.1) is 5.41 Å². The number of aromatic nitrogens is 3. The number of nitrogens with two attached hydrogens (primary N) is 1. The Balaban J connectivity index is 1.85. The van der Waals surface area contributed by atoms with Gasteiger partial charge in [-0.1, -0.05) is 18.6 Å². The highest BCUT2D eigenvalue weighted by molar-refractivity contribution is 5.91. The van der Waals surface area contributed by atoms with Crippen molar-refractivity contribution < 1.29 is 4.79 Å².